The van der Waals surface area contributed by atoms with Crippen molar-refractivity contribution in [3.8, 4) is 6.07 Å². The number of hydrogen-bond acceptors (Lipinski definition) is 2. The van der Waals surface area contributed by atoms with Crippen LogP contribution in [0.25, 0.3) is 0 Å². The van der Waals surface area contributed by atoms with E-state index in [0.717, 1.165) is 38.4 Å². The molecule has 3 rings (SSSR count). The molecule has 1 aliphatic rings. The van der Waals surface area contributed by atoms with Crippen LogP contribution in [0.4, 0.5) is 13.2 Å². The van der Waals surface area contributed by atoms with Crippen LogP contribution in [0.5, 0.6) is 0 Å². The molecule has 0 spiro atoms. The van der Waals surface area contributed by atoms with E-state index in [1.165, 1.54) is 17.7 Å². The van der Waals surface area contributed by atoms with Gasteiger partial charge in [0, 0.05) is 6.54 Å². The Hall–Kier alpha value is -2.32. The Morgan fingerprint density at radius 1 is 0.966 bits per heavy atom. The number of likely N-dealkylation sites (N-methyl/N-ethyl adjacent to an activating group) is 1. The molecule has 2 nitrogen and oxygen atoms in total. The molecule has 0 radical (unpaired) electrons. The monoisotopic (exact) mass is 400 g/mol. The third kappa shape index (κ3) is 5.19. The highest BCUT2D eigenvalue weighted by atomic mass is 19.4. The molecule has 1 saturated carbocycles. The summed E-state index contributed by atoms with van der Waals surface area (Å²) < 4.78 is 40.8. The number of rotatable bonds is 9. The second kappa shape index (κ2) is 9.00. The van der Waals surface area contributed by atoms with Crippen LogP contribution in [0.3, 0.4) is 0 Å². The zero-order valence-corrected chi connectivity index (χ0v) is 16.8. The minimum Gasteiger partial charge on any atom is -0.306 e. The van der Waals surface area contributed by atoms with E-state index in [4.69, 9.17) is 0 Å². The van der Waals surface area contributed by atoms with E-state index in [1.54, 1.807) is 6.07 Å². The molecule has 1 fully saturated rings. The van der Waals surface area contributed by atoms with Gasteiger partial charge in [0.25, 0.3) is 0 Å². The molecule has 1 unspecified atom stereocenters. The van der Waals surface area contributed by atoms with Gasteiger partial charge in [0.05, 0.1) is 17.0 Å². The highest BCUT2D eigenvalue weighted by Gasteiger charge is 2.50. The fraction of sp³-hybridized carbons (Fsp3) is 0.458. The molecule has 0 aromatic heterocycles. The van der Waals surface area contributed by atoms with E-state index in [9.17, 15) is 18.4 Å². The standard InChI is InChI=1S/C24H27F3N2/c1-29(17-14-19-8-3-2-4-9-19)16-7-15-23(18-28,20-12-13-20)21-10-5-6-11-22(21)24(25,26)27/h2-6,8-11,20H,7,12-17H2,1H3. The van der Waals surface area contributed by atoms with Crippen molar-refractivity contribution < 1.29 is 13.2 Å². The first kappa shape index (κ1) is 21.4. The first-order valence-electron chi connectivity index (χ1n) is 10.2. The van der Waals surface area contributed by atoms with Crippen molar-refractivity contribution in [1.82, 2.24) is 4.90 Å². The minimum absolute atomic E-state index is 0.0191. The molecule has 1 aliphatic carbocycles. The predicted octanol–water partition coefficient (Wildman–Crippen LogP) is 5.83. The summed E-state index contributed by atoms with van der Waals surface area (Å²) in [4.78, 5) is 2.19. The molecular formula is C24H27F3N2. The number of halogens is 3. The van der Waals surface area contributed by atoms with Crippen LogP contribution in [0.15, 0.2) is 54.6 Å². The summed E-state index contributed by atoms with van der Waals surface area (Å²) in [5.41, 5.74) is -0.287. The van der Waals surface area contributed by atoms with Crippen molar-refractivity contribution in [2.75, 3.05) is 20.1 Å². The molecule has 1 atom stereocenters. The molecule has 0 amide bonds. The summed E-state index contributed by atoms with van der Waals surface area (Å²) in [6.45, 7) is 1.64. The van der Waals surface area contributed by atoms with Gasteiger partial charge in [-0.15, -0.1) is 0 Å². The van der Waals surface area contributed by atoms with Crippen LogP contribution < -0.4 is 0 Å². The largest absolute Gasteiger partial charge is 0.416 e. The van der Waals surface area contributed by atoms with Crippen molar-refractivity contribution in [3.63, 3.8) is 0 Å². The van der Waals surface area contributed by atoms with E-state index >= 15 is 0 Å². The van der Waals surface area contributed by atoms with Gasteiger partial charge in [0.2, 0.25) is 0 Å². The number of hydrogen-bond donors (Lipinski definition) is 0. The van der Waals surface area contributed by atoms with Crippen LogP contribution in [-0.2, 0) is 18.0 Å². The quantitative estimate of drug-likeness (QED) is 0.529. The number of nitriles is 1. The first-order chi connectivity index (χ1) is 13.9. The molecule has 2 aromatic carbocycles. The molecule has 5 heteroatoms. The van der Waals surface area contributed by atoms with E-state index in [2.05, 4.69) is 23.1 Å². The summed E-state index contributed by atoms with van der Waals surface area (Å²) in [5, 5.41) is 10.0. The molecular weight excluding hydrogens is 373 g/mol. The Bertz CT molecular complexity index is 837. The average Bonchev–Trinajstić information content (AvgIpc) is 3.56. The third-order valence-electron chi connectivity index (χ3n) is 5.92. The SMILES string of the molecule is CN(CCCC(C#N)(c1ccccc1C(F)(F)F)C1CC1)CCc1ccccc1. The van der Waals surface area contributed by atoms with Crippen molar-refractivity contribution in [2.24, 2.45) is 5.92 Å². The number of alkyl halides is 3. The maximum Gasteiger partial charge on any atom is 0.416 e. The van der Waals surface area contributed by atoms with Gasteiger partial charge in [-0.05, 0) is 68.8 Å². The van der Waals surface area contributed by atoms with Gasteiger partial charge in [-0.3, -0.25) is 0 Å². The zero-order chi connectivity index (χ0) is 20.9. The minimum atomic E-state index is -4.44. The molecule has 154 valence electrons. The molecule has 0 saturated heterocycles. The normalized spacial score (nSPS) is 16.4. The van der Waals surface area contributed by atoms with Gasteiger partial charge < -0.3 is 4.90 Å². The lowest BCUT2D eigenvalue weighted by atomic mass is 9.72. The summed E-state index contributed by atoms with van der Waals surface area (Å²) in [7, 11) is 2.03. The second-order valence-corrected chi connectivity index (χ2v) is 8.04. The fourth-order valence-electron chi connectivity index (χ4n) is 4.17. The van der Waals surface area contributed by atoms with Gasteiger partial charge in [-0.2, -0.15) is 18.4 Å². The van der Waals surface area contributed by atoms with Gasteiger partial charge in [0.1, 0.15) is 0 Å². The van der Waals surface area contributed by atoms with Crippen LogP contribution in [0.1, 0.15) is 42.4 Å². The Morgan fingerprint density at radius 2 is 1.59 bits per heavy atom. The average molecular weight is 400 g/mol. The molecule has 0 N–H and O–H groups in total. The van der Waals surface area contributed by atoms with Crippen LogP contribution in [0, 0.1) is 17.2 Å². The van der Waals surface area contributed by atoms with Crippen molar-refractivity contribution in [3.05, 3.63) is 71.3 Å². The van der Waals surface area contributed by atoms with E-state index in [0.29, 0.717) is 12.8 Å². The summed E-state index contributed by atoms with van der Waals surface area (Å²) in [6, 6.07) is 18.2. The molecule has 0 bridgehead atoms. The van der Waals surface area contributed by atoms with Crippen LogP contribution >= 0.6 is 0 Å². The molecule has 0 aliphatic heterocycles. The highest BCUT2D eigenvalue weighted by Crippen LogP contribution is 2.52. The number of benzene rings is 2. The Labute approximate surface area is 171 Å². The van der Waals surface area contributed by atoms with E-state index in [1.807, 2.05) is 25.2 Å². The topological polar surface area (TPSA) is 27.0 Å². The van der Waals surface area contributed by atoms with Gasteiger partial charge in [-0.25, -0.2) is 0 Å². The summed E-state index contributed by atoms with van der Waals surface area (Å²) >= 11 is 0. The lowest BCUT2D eigenvalue weighted by molar-refractivity contribution is -0.138. The maximum atomic E-state index is 13.6. The first-order valence-corrected chi connectivity index (χ1v) is 10.2. The molecule has 29 heavy (non-hydrogen) atoms. The summed E-state index contributed by atoms with van der Waals surface area (Å²) in [5.74, 6) is 0.0191. The van der Waals surface area contributed by atoms with Gasteiger partial charge in [0.15, 0.2) is 0 Å². The van der Waals surface area contributed by atoms with Gasteiger partial charge in [-0.1, -0.05) is 48.5 Å². The van der Waals surface area contributed by atoms with E-state index in [-0.39, 0.29) is 11.5 Å². The fourth-order valence-corrected chi connectivity index (χ4v) is 4.17. The van der Waals surface area contributed by atoms with E-state index < -0.39 is 17.2 Å². The highest BCUT2D eigenvalue weighted by molar-refractivity contribution is 5.43. The Kier molecular flexibility index (Phi) is 6.64. The Balaban J connectivity index is 1.67. The molecule has 0 heterocycles. The van der Waals surface area contributed by atoms with Crippen molar-refractivity contribution >= 4 is 0 Å². The maximum absolute atomic E-state index is 13.6. The van der Waals surface area contributed by atoms with Crippen LogP contribution in [-0.4, -0.2) is 25.0 Å². The smallest absolute Gasteiger partial charge is 0.306 e. The van der Waals surface area contributed by atoms with Gasteiger partial charge >= 0.3 is 6.18 Å². The second-order valence-electron chi connectivity index (χ2n) is 8.04. The molecule has 2 aromatic rings. The van der Waals surface area contributed by atoms with Crippen molar-refractivity contribution in [1.29, 1.82) is 5.26 Å². The Morgan fingerprint density at radius 3 is 2.17 bits per heavy atom. The third-order valence-corrected chi connectivity index (χ3v) is 5.92. The van der Waals surface area contributed by atoms with Crippen LogP contribution in [0.2, 0.25) is 0 Å². The lowest BCUT2D eigenvalue weighted by Crippen LogP contribution is -2.32. The zero-order valence-electron chi connectivity index (χ0n) is 16.8. The predicted molar refractivity (Wildman–Crippen MR) is 108 cm³/mol. The summed E-state index contributed by atoms with van der Waals surface area (Å²) in [6.07, 6.45) is -0.716. The van der Waals surface area contributed by atoms with Crippen molar-refractivity contribution in [2.45, 2.75) is 43.7 Å². The lowest BCUT2D eigenvalue weighted by Gasteiger charge is -2.31. The number of nitrogens with zero attached hydrogens (tertiary/aromatic N) is 2.